The highest BCUT2D eigenvalue weighted by Crippen LogP contribution is 2.26. The Morgan fingerprint density at radius 2 is 1.88 bits per heavy atom. The van der Waals surface area contributed by atoms with E-state index in [0.29, 0.717) is 5.58 Å². The highest BCUT2D eigenvalue weighted by atomic mass is 19.1. The van der Waals surface area contributed by atoms with Crippen LogP contribution in [0.15, 0.2) is 51.7 Å². The molecule has 0 N–H and O–H groups in total. The third kappa shape index (κ3) is 2.77. The maximum atomic E-state index is 13.3. The zero-order valence-electron chi connectivity index (χ0n) is 13.2. The topological polar surface area (TPSA) is 46.3 Å². The minimum absolute atomic E-state index is 0.271. The van der Waals surface area contributed by atoms with Crippen molar-refractivity contribution in [3.8, 4) is 11.3 Å². The van der Waals surface area contributed by atoms with E-state index in [4.69, 9.17) is 4.42 Å². The summed E-state index contributed by atoms with van der Waals surface area (Å²) < 4.78 is 18.8. The highest BCUT2D eigenvalue weighted by molar-refractivity contribution is 5.84. The van der Waals surface area contributed by atoms with Crippen molar-refractivity contribution in [2.75, 3.05) is 18.0 Å². The minimum Gasteiger partial charge on any atom is -0.422 e. The van der Waals surface area contributed by atoms with Crippen LogP contribution in [-0.2, 0) is 0 Å². The van der Waals surface area contributed by atoms with E-state index in [-0.39, 0.29) is 11.3 Å². The van der Waals surface area contributed by atoms with Crippen LogP contribution in [0.1, 0.15) is 19.3 Å². The van der Waals surface area contributed by atoms with E-state index in [1.165, 1.54) is 31.4 Å². The Labute approximate surface area is 138 Å². The smallest absolute Gasteiger partial charge is 0.345 e. The Hall–Kier alpha value is -2.69. The summed E-state index contributed by atoms with van der Waals surface area (Å²) in [6.45, 7) is 2.06. The van der Waals surface area contributed by atoms with Gasteiger partial charge in [-0.25, -0.2) is 9.78 Å². The lowest BCUT2D eigenvalue weighted by molar-refractivity contribution is 0.558. The minimum atomic E-state index is -0.618. The first-order valence-electron chi connectivity index (χ1n) is 8.16. The zero-order chi connectivity index (χ0) is 16.5. The number of piperidine rings is 1. The molecule has 3 aromatic rings. The van der Waals surface area contributed by atoms with Crippen LogP contribution in [0.25, 0.3) is 22.2 Å². The predicted molar refractivity (Wildman–Crippen MR) is 91.7 cm³/mol. The lowest BCUT2D eigenvalue weighted by Gasteiger charge is -2.28. The second-order valence-electron chi connectivity index (χ2n) is 6.06. The molecule has 5 heteroatoms. The molecule has 1 aliphatic heterocycles. The number of fused-ring (bicyclic) bond motifs is 1. The van der Waals surface area contributed by atoms with Crippen molar-refractivity contribution < 1.29 is 8.81 Å². The molecule has 0 aliphatic carbocycles. The molecule has 3 heterocycles. The number of halogens is 1. The van der Waals surface area contributed by atoms with Gasteiger partial charge in [-0.1, -0.05) is 6.07 Å². The fraction of sp³-hybridized carbons (Fsp3) is 0.263. The van der Waals surface area contributed by atoms with Crippen molar-refractivity contribution in [3.63, 3.8) is 0 Å². The Morgan fingerprint density at radius 3 is 2.67 bits per heavy atom. The number of hydrogen-bond donors (Lipinski definition) is 0. The van der Waals surface area contributed by atoms with E-state index < -0.39 is 11.6 Å². The van der Waals surface area contributed by atoms with Crippen molar-refractivity contribution in [3.05, 3.63) is 58.8 Å². The van der Waals surface area contributed by atoms with Crippen molar-refractivity contribution >= 4 is 16.7 Å². The van der Waals surface area contributed by atoms with E-state index in [1.807, 2.05) is 18.2 Å². The number of rotatable bonds is 2. The highest BCUT2D eigenvalue weighted by Gasteiger charge is 2.14. The average Bonchev–Trinajstić information content (AvgIpc) is 2.61. The van der Waals surface area contributed by atoms with E-state index in [9.17, 15) is 9.18 Å². The summed E-state index contributed by atoms with van der Waals surface area (Å²) in [5, 5.41) is 0.802. The molecule has 2 aromatic heterocycles. The molecule has 0 radical (unpaired) electrons. The van der Waals surface area contributed by atoms with Gasteiger partial charge in [0.15, 0.2) is 0 Å². The molecule has 0 saturated carbocycles. The van der Waals surface area contributed by atoms with Crippen molar-refractivity contribution in [1.82, 2.24) is 4.98 Å². The molecule has 0 bridgehead atoms. The van der Waals surface area contributed by atoms with Gasteiger partial charge in [0.05, 0.1) is 11.3 Å². The molecule has 1 aromatic carbocycles. The molecule has 1 aliphatic rings. The summed E-state index contributed by atoms with van der Waals surface area (Å²) in [5.41, 5.74) is 1.67. The third-order valence-electron chi connectivity index (χ3n) is 4.43. The summed E-state index contributed by atoms with van der Waals surface area (Å²) in [4.78, 5) is 18.4. The van der Waals surface area contributed by atoms with Gasteiger partial charge in [0, 0.05) is 30.2 Å². The van der Waals surface area contributed by atoms with Crippen LogP contribution in [-0.4, -0.2) is 18.1 Å². The molecule has 0 atom stereocenters. The second-order valence-corrected chi connectivity index (χ2v) is 6.06. The number of hydrogen-bond acceptors (Lipinski definition) is 4. The third-order valence-corrected chi connectivity index (χ3v) is 4.43. The van der Waals surface area contributed by atoms with Crippen LogP contribution in [0.2, 0.25) is 0 Å². The quantitative estimate of drug-likeness (QED) is 0.528. The SMILES string of the molecule is O=c1oc2cc(N3CCCCC3)ccc2cc1-c1cccc(F)n1. The Morgan fingerprint density at radius 1 is 1.04 bits per heavy atom. The summed E-state index contributed by atoms with van der Waals surface area (Å²) >= 11 is 0. The van der Waals surface area contributed by atoms with Crippen LogP contribution < -0.4 is 10.5 Å². The second kappa shape index (κ2) is 6.07. The van der Waals surface area contributed by atoms with Gasteiger partial charge in [0.2, 0.25) is 5.95 Å². The van der Waals surface area contributed by atoms with Crippen molar-refractivity contribution in [1.29, 1.82) is 0 Å². The van der Waals surface area contributed by atoms with Gasteiger partial charge in [-0.3, -0.25) is 0 Å². The summed E-state index contributed by atoms with van der Waals surface area (Å²) in [7, 11) is 0. The van der Waals surface area contributed by atoms with E-state index in [1.54, 1.807) is 12.1 Å². The standard InChI is InChI=1S/C19H17FN2O2/c20-18-6-4-5-16(21-18)15-11-13-7-8-14(12-17(13)24-19(15)23)22-9-2-1-3-10-22/h4-8,11-12H,1-3,9-10H2. The molecule has 4 nitrogen and oxygen atoms in total. The van der Waals surface area contributed by atoms with Crippen LogP contribution in [0, 0.1) is 5.95 Å². The maximum absolute atomic E-state index is 13.3. The van der Waals surface area contributed by atoms with Gasteiger partial charge >= 0.3 is 5.63 Å². The molecule has 0 unspecified atom stereocenters. The van der Waals surface area contributed by atoms with Gasteiger partial charge in [-0.2, -0.15) is 4.39 Å². The molecule has 0 amide bonds. The van der Waals surface area contributed by atoms with Gasteiger partial charge in [0.25, 0.3) is 0 Å². The van der Waals surface area contributed by atoms with Crippen LogP contribution in [0.3, 0.4) is 0 Å². The Kier molecular flexibility index (Phi) is 3.76. The van der Waals surface area contributed by atoms with Gasteiger partial charge in [-0.15, -0.1) is 0 Å². The number of benzene rings is 1. The zero-order valence-corrected chi connectivity index (χ0v) is 13.2. The monoisotopic (exact) mass is 324 g/mol. The molecule has 1 saturated heterocycles. The Balaban J connectivity index is 1.77. The van der Waals surface area contributed by atoms with Crippen LogP contribution >= 0.6 is 0 Å². The average molecular weight is 324 g/mol. The molecule has 24 heavy (non-hydrogen) atoms. The lowest BCUT2D eigenvalue weighted by Crippen LogP contribution is -2.29. The van der Waals surface area contributed by atoms with E-state index in [0.717, 1.165) is 24.2 Å². The maximum Gasteiger partial charge on any atom is 0.345 e. The summed E-state index contributed by atoms with van der Waals surface area (Å²) in [6, 6.07) is 12.0. The normalized spacial score (nSPS) is 15.0. The fourth-order valence-electron chi connectivity index (χ4n) is 3.19. The summed E-state index contributed by atoms with van der Waals surface area (Å²) in [6.07, 6.45) is 3.64. The van der Waals surface area contributed by atoms with E-state index in [2.05, 4.69) is 9.88 Å². The van der Waals surface area contributed by atoms with E-state index >= 15 is 0 Å². The first-order valence-corrected chi connectivity index (χ1v) is 8.16. The van der Waals surface area contributed by atoms with Crippen LogP contribution in [0.4, 0.5) is 10.1 Å². The number of nitrogens with zero attached hydrogens (tertiary/aromatic N) is 2. The molecular weight excluding hydrogens is 307 g/mol. The fourth-order valence-corrected chi connectivity index (χ4v) is 3.19. The molecule has 4 rings (SSSR count). The Bertz CT molecular complexity index is 945. The number of anilines is 1. The number of aromatic nitrogens is 1. The number of pyridine rings is 1. The largest absolute Gasteiger partial charge is 0.422 e. The summed E-state index contributed by atoms with van der Waals surface area (Å²) in [5.74, 6) is -0.618. The predicted octanol–water partition coefficient (Wildman–Crippen LogP) is 3.98. The molecule has 122 valence electrons. The molecule has 0 spiro atoms. The lowest BCUT2D eigenvalue weighted by atomic mass is 10.1. The van der Waals surface area contributed by atoms with Gasteiger partial charge < -0.3 is 9.32 Å². The van der Waals surface area contributed by atoms with Gasteiger partial charge in [-0.05, 0) is 49.6 Å². The molecule has 1 fully saturated rings. The molecular formula is C19H17FN2O2. The first-order chi connectivity index (χ1) is 11.7. The van der Waals surface area contributed by atoms with Crippen LogP contribution in [0.5, 0.6) is 0 Å². The van der Waals surface area contributed by atoms with Crippen molar-refractivity contribution in [2.24, 2.45) is 0 Å². The van der Waals surface area contributed by atoms with Gasteiger partial charge in [0.1, 0.15) is 5.58 Å². The van der Waals surface area contributed by atoms with Crippen molar-refractivity contribution in [2.45, 2.75) is 19.3 Å². The first kappa shape index (κ1) is 14.9.